The summed E-state index contributed by atoms with van der Waals surface area (Å²) in [6, 6.07) is 6.90. The van der Waals surface area contributed by atoms with Gasteiger partial charge < -0.3 is 5.11 Å². The summed E-state index contributed by atoms with van der Waals surface area (Å²) in [6.45, 7) is 0.348. The van der Waals surface area contributed by atoms with Crippen LogP contribution in [-0.2, 0) is 15.8 Å². The van der Waals surface area contributed by atoms with Crippen LogP contribution in [0, 0.1) is 11.6 Å². The predicted octanol–water partition coefficient (Wildman–Crippen LogP) is 3.96. The number of fused-ring (bicyclic) bond motifs is 1. The maximum Gasteiger partial charge on any atom is 0.416 e. The van der Waals surface area contributed by atoms with Gasteiger partial charge in [-0.15, -0.1) is 11.8 Å². The van der Waals surface area contributed by atoms with Gasteiger partial charge in [-0.3, -0.25) is 9.69 Å². The van der Waals surface area contributed by atoms with Gasteiger partial charge in [0.05, 0.1) is 5.56 Å². The van der Waals surface area contributed by atoms with E-state index < -0.39 is 40.6 Å². The number of alkyl halides is 3. The topological polar surface area (TPSA) is 61.8 Å². The number of carbonyl (C=O) groups excluding carboxylic acids is 1. The number of hydroxylamine groups is 1. The van der Waals surface area contributed by atoms with E-state index in [9.17, 15) is 31.9 Å². The minimum absolute atomic E-state index is 0.0502. The van der Waals surface area contributed by atoms with Crippen LogP contribution in [0.25, 0.3) is 11.1 Å². The van der Waals surface area contributed by atoms with Crippen LogP contribution in [-0.4, -0.2) is 45.4 Å². The van der Waals surface area contributed by atoms with Gasteiger partial charge in [0.1, 0.15) is 11.6 Å². The van der Waals surface area contributed by atoms with E-state index in [4.69, 9.17) is 4.84 Å². The zero-order valence-electron chi connectivity index (χ0n) is 17.3. The number of thioether (sulfide) groups is 1. The Labute approximate surface area is 194 Å². The van der Waals surface area contributed by atoms with E-state index in [-0.39, 0.29) is 22.3 Å². The third-order valence-electron chi connectivity index (χ3n) is 6.20. The second-order valence-electron chi connectivity index (χ2n) is 8.06. The molecule has 0 aromatic heterocycles. The first kappa shape index (κ1) is 23.0. The zero-order chi connectivity index (χ0) is 24.3. The number of benzene rings is 2. The average molecular weight is 496 g/mol. The van der Waals surface area contributed by atoms with Gasteiger partial charge >= 0.3 is 6.18 Å². The Balaban J connectivity index is 1.83. The minimum Gasteiger partial charge on any atom is -0.359 e. The normalized spacial score (nSPS) is 27.3. The molecule has 0 bridgehead atoms. The molecule has 2 fully saturated rings. The van der Waals surface area contributed by atoms with Crippen LogP contribution in [0.5, 0.6) is 0 Å². The van der Waals surface area contributed by atoms with Gasteiger partial charge in [-0.2, -0.15) is 13.2 Å². The molecule has 2 heterocycles. The van der Waals surface area contributed by atoms with Crippen LogP contribution in [0.3, 0.4) is 0 Å². The Morgan fingerprint density at radius 1 is 1.12 bits per heavy atom. The van der Waals surface area contributed by atoms with Gasteiger partial charge in [-0.1, -0.05) is 18.2 Å². The van der Waals surface area contributed by atoms with Gasteiger partial charge in [-0.05, 0) is 41.5 Å². The maximum atomic E-state index is 14.9. The summed E-state index contributed by atoms with van der Waals surface area (Å²) < 4.78 is 68.2. The summed E-state index contributed by atoms with van der Waals surface area (Å²) in [5, 5.41) is 11.5. The van der Waals surface area contributed by atoms with Gasteiger partial charge in [-0.25, -0.2) is 19.1 Å². The van der Waals surface area contributed by atoms with Crippen molar-refractivity contribution in [2.24, 2.45) is 0 Å². The summed E-state index contributed by atoms with van der Waals surface area (Å²) in [5.74, 6) is -3.81. The van der Waals surface area contributed by atoms with Crippen LogP contribution >= 0.6 is 11.8 Å². The third-order valence-corrected chi connectivity index (χ3v) is 7.17. The molecule has 2 saturated heterocycles. The van der Waals surface area contributed by atoms with Crippen molar-refractivity contribution in [1.29, 1.82) is 0 Å². The first-order valence-corrected chi connectivity index (χ1v) is 11.3. The second-order valence-corrected chi connectivity index (χ2v) is 9.14. The fourth-order valence-electron chi connectivity index (χ4n) is 4.69. The number of allylic oxidation sites excluding steroid dienone is 2. The number of nitrogens with zero attached hydrogens (tertiary/aromatic N) is 1. The Morgan fingerprint density at radius 2 is 1.85 bits per heavy atom. The van der Waals surface area contributed by atoms with Crippen LogP contribution in [0.15, 0.2) is 54.6 Å². The Hall–Kier alpha value is -2.73. The molecule has 5 nitrogen and oxygen atoms in total. The first-order valence-electron chi connectivity index (χ1n) is 10.2. The Bertz CT molecular complexity index is 1220. The van der Waals surface area contributed by atoms with E-state index in [2.05, 4.69) is 5.48 Å². The Morgan fingerprint density at radius 3 is 2.47 bits per heavy atom. The fraction of sp³-hybridized carbons (Fsp3) is 0.261. The van der Waals surface area contributed by atoms with Crippen molar-refractivity contribution in [3.05, 3.63) is 82.9 Å². The molecule has 3 aliphatic rings. The molecule has 2 aromatic carbocycles. The van der Waals surface area contributed by atoms with Gasteiger partial charge in [0.25, 0.3) is 5.91 Å². The quantitative estimate of drug-likeness (QED) is 0.631. The molecule has 2 atom stereocenters. The fourth-order valence-corrected chi connectivity index (χ4v) is 5.71. The number of hydrogen-bond donors (Lipinski definition) is 2. The molecule has 2 N–H and O–H groups in total. The van der Waals surface area contributed by atoms with Crippen molar-refractivity contribution in [1.82, 2.24) is 10.4 Å². The van der Waals surface area contributed by atoms with Crippen molar-refractivity contribution < 1.29 is 36.7 Å². The lowest BCUT2D eigenvalue weighted by Crippen LogP contribution is -2.65. The van der Waals surface area contributed by atoms with Crippen LogP contribution in [0.4, 0.5) is 22.0 Å². The van der Waals surface area contributed by atoms with Crippen LogP contribution < -0.4 is 5.48 Å². The highest BCUT2D eigenvalue weighted by molar-refractivity contribution is 7.99. The van der Waals surface area contributed by atoms with Crippen LogP contribution in [0.1, 0.15) is 16.7 Å². The number of aliphatic hydroxyl groups is 1. The van der Waals surface area contributed by atoms with Crippen molar-refractivity contribution in [3.8, 4) is 0 Å². The number of halogens is 5. The van der Waals surface area contributed by atoms with Gasteiger partial charge in [0.15, 0.2) is 5.54 Å². The third kappa shape index (κ3) is 3.29. The largest absolute Gasteiger partial charge is 0.416 e. The molecule has 2 unspecified atom stereocenters. The number of nitrogens with one attached hydrogen (secondary N) is 1. The van der Waals surface area contributed by atoms with E-state index in [1.165, 1.54) is 30.0 Å². The molecule has 34 heavy (non-hydrogen) atoms. The standard InChI is InChI=1S/C23H17F5N2O3S/c24-15-5-6-16(18(25)11-15)17-7-8-21(32)22(20(31)29-33-21,30-9-10-34-12-30)19(17)13-1-3-14(4-2-13)23(26,27)28/h1-8,11,32H,9-10,12H2,(H,29,31). The van der Waals surface area contributed by atoms with E-state index in [0.717, 1.165) is 30.3 Å². The summed E-state index contributed by atoms with van der Waals surface area (Å²) in [7, 11) is 0. The highest BCUT2D eigenvalue weighted by Crippen LogP contribution is 2.53. The summed E-state index contributed by atoms with van der Waals surface area (Å²) in [5.41, 5.74) is -0.425. The van der Waals surface area contributed by atoms with Crippen molar-refractivity contribution in [2.45, 2.75) is 17.5 Å². The molecule has 11 heteroatoms. The van der Waals surface area contributed by atoms with Crippen molar-refractivity contribution in [3.63, 3.8) is 0 Å². The van der Waals surface area contributed by atoms with E-state index in [1.807, 2.05) is 0 Å². The molecule has 178 valence electrons. The van der Waals surface area contributed by atoms with Crippen molar-refractivity contribution in [2.75, 3.05) is 18.2 Å². The summed E-state index contributed by atoms with van der Waals surface area (Å²) >= 11 is 1.49. The van der Waals surface area contributed by atoms with E-state index >= 15 is 0 Å². The Kier molecular flexibility index (Phi) is 5.36. The van der Waals surface area contributed by atoms with E-state index in [0.29, 0.717) is 24.2 Å². The number of amides is 1. The average Bonchev–Trinajstić information content (AvgIpc) is 3.40. The molecule has 0 radical (unpaired) electrons. The molecule has 1 amide bonds. The molecular formula is C23H17F5N2O3S. The lowest BCUT2D eigenvalue weighted by molar-refractivity contribution is -0.200. The minimum atomic E-state index is -4.59. The molecule has 1 aliphatic carbocycles. The molecule has 2 aliphatic heterocycles. The predicted molar refractivity (Wildman–Crippen MR) is 115 cm³/mol. The monoisotopic (exact) mass is 496 g/mol. The zero-order valence-corrected chi connectivity index (χ0v) is 18.1. The summed E-state index contributed by atoms with van der Waals surface area (Å²) in [4.78, 5) is 20.3. The summed E-state index contributed by atoms with van der Waals surface area (Å²) in [6.07, 6.45) is -2.08. The molecule has 2 aromatic rings. The highest BCUT2D eigenvalue weighted by atomic mass is 32.2. The second kappa shape index (κ2) is 7.91. The molecule has 0 spiro atoms. The lowest BCUT2D eigenvalue weighted by Gasteiger charge is -2.46. The van der Waals surface area contributed by atoms with Gasteiger partial charge in [0.2, 0.25) is 5.79 Å². The number of hydrogen-bond acceptors (Lipinski definition) is 5. The maximum absolute atomic E-state index is 14.9. The van der Waals surface area contributed by atoms with Crippen molar-refractivity contribution >= 4 is 28.8 Å². The smallest absolute Gasteiger partial charge is 0.359 e. The SMILES string of the molecule is O=C1NOC2(O)C=CC(c3ccc(F)cc3F)=C(c3ccc(C(F)(F)F)cc3)C12N1CCSC1. The van der Waals surface area contributed by atoms with Crippen LogP contribution in [0.2, 0.25) is 0 Å². The van der Waals surface area contributed by atoms with E-state index in [1.54, 1.807) is 4.90 Å². The highest BCUT2D eigenvalue weighted by Gasteiger charge is 2.69. The first-order chi connectivity index (χ1) is 16.1. The molecule has 5 rings (SSSR count). The number of rotatable bonds is 3. The molecule has 0 saturated carbocycles. The number of carbonyl (C=O) groups is 1. The van der Waals surface area contributed by atoms with Gasteiger partial charge in [0, 0.05) is 35.4 Å². The molecular weight excluding hydrogens is 479 g/mol. The lowest BCUT2D eigenvalue weighted by atomic mass is 9.70.